The van der Waals surface area contributed by atoms with Gasteiger partial charge in [-0.2, -0.15) is 0 Å². The summed E-state index contributed by atoms with van der Waals surface area (Å²) >= 11 is 0. The highest BCUT2D eigenvalue weighted by Gasteiger charge is 2.35. The monoisotopic (exact) mass is 873 g/mol. The molecule has 0 bridgehead atoms. The molecule has 0 N–H and O–H groups in total. The predicted octanol–water partition coefficient (Wildman–Crippen LogP) is 10.7. The van der Waals surface area contributed by atoms with E-state index in [4.69, 9.17) is 14.3 Å². The summed E-state index contributed by atoms with van der Waals surface area (Å²) in [7, 11) is -2.23. The van der Waals surface area contributed by atoms with E-state index in [0.717, 1.165) is 32.5 Å². The first kappa shape index (κ1) is 53.8. The second kappa shape index (κ2) is 34.9. The quantitative estimate of drug-likeness (QED) is 0.0199. The van der Waals surface area contributed by atoms with Gasteiger partial charge in [-0.15, -0.1) is 0 Å². The van der Waals surface area contributed by atoms with Crippen molar-refractivity contribution < 1.29 is 33.8 Å². The standard InChI is InChI=1S/C22H21BO3.2C17H30NO/c24-23(25)26-18-10-17-22(19-11-4-1-5-12-19,20-13-6-2-7-14-20)21-15-8-3-9-16-21;2*1-3-5-6-7-8-9-10-11-14-17-15-12-13-16-18(17)19-4-2/h1-9,11-16H,10,17-18H2;2*12-13,15-16H,3-11,14H2,1-2H3/q-2;2*+1. The zero-order valence-electron chi connectivity index (χ0n) is 40.1. The number of aryl methyl sites for hydroxylation is 2. The molecule has 0 unspecified atom stereocenters. The van der Waals surface area contributed by atoms with Crippen molar-refractivity contribution in [3.63, 3.8) is 0 Å². The first-order valence-corrected chi connectivity index (χ1v) is 24.9. The fraction of sp³-hybridized carbons (Fsp3) is 0.500. The SMILES string of the molecule is CCCCCCCCCCc1cccc[n+]1OCC.CCCCCCCCCCc1cccc[n+]1OCC.[O-]B([O-])OCCCC(c1ccccc1)(c1ccccc1)c1ccccc1. The molecular weight excluding hydrogens is 791 g/mol. The van der Waals surface area contributed by atoms with Crippen LogP contribution in [0.2, 0.25) is 0 Å². The zero-order chi connectivity index (χ0) is 45.8. The smallest absolute Gasteiger partial charge is 0.234 e. The van der Waals surface area contributed by atoms with Crippen molar-refractivity contribution in [2.45, 2.75) is 162 Å². The van der Waals surface area contributed by atoms with Gasteiger partial charge >= 0.3 is 0 Å². The third kappa shape index (κ3) is 21.0. The van der Waals surface area contributed by atoms with Gasteiger partial charge in [0.2, 0.25) is 23.8 Å². The second-order valence-corrected chi connectivity index (χ2v) is 16.6. The summed E-state index contributed by atoms with van der Waals surface area (Å²) < 4.78 is 8.57. The lowest BCUT2D eigenvalue weighted by molar-refractivity contribution is -0.895. The van der Waals surface area contributed by atoms with Gasteiger partial charge in [0.1, 0.15) is 0 Å². The van der Waals surface area contributed by atoms with Crippen molar-refractivity contribution in [2.24, 2.45) is 0 Å². The first-order valence-electron chi connectivity index (χ1n) is 24.9. The summed E-state index contributed by atoms with van der Waals surface area (Å²) in [5.41, 5.74) is 5.74. The maximum Gasteiger partial charge on any atom is 0.234 e. The summed E-state index contributed by atoms with van der Waals surface area (Å²) in [6.07, 6.45) is 29.5. The molecule has 8 heteroatoms. The highest BCUT2D eigenvalue weighted by Crippen LogP contribution is 2.43. The Labute approximate surface area is 389 Å². The molecular formula is C56H81BN2O5. The molecule has 348 valence electrons. The van der Waals surface area contributed by atoms with Crippen LogP contribution in [0.3, 0.4) is 0 Å². The zero-order valence-corrected chi connectivity index (χ0v) is 40.1. The summed E-state index contributed by atoms with van der Waals surface area (Å²) in [4.78, 5) is 11.2. The van der Waals surface area contributed by atoms with E-state index < -0.39 is 7.32 Å². The van der Waals surface area contributed by atoms with Crippen molar-refractivity contribution >= 4 is 7.32 Å². The molecule has 0 atom stereocenters. The van der Waals surface area contributed by atoms with E-state index >= 15 is 0 Å². The van der Waals surface area contributed by atoms with Crippen LogP contribution in [0.25, 0.3) is 0 Å². The number of unbranched alkanes of at least 4 members (excludes halogenated alkanes) is 14. The van der Waals surface area contributed by atoms with Gasteiger partial charge in [-0.1, -0.05) is 195 Å². The van der Waals surface area contributed by atoms with Crippen LogP contribution >= 0.6 is 0 Å². The molecule has 0 saturated carbocycles. The van der Waals surface area contributed by atoms with Gasteiger partial charge in [-0.25, -0.2) is 0 Å². The molecule has 0 aliphatic carbocycles. The Morgan fingerprint density at radius 1 is 0.422 bits per heavy atom. The van der Waals surface area contributed by atoms with Crippen LogP contribution in [-0.4, -0.2) is 27.1 Å². The maximum atomic E-state index is 10.7. The molecule has 0 radical (unpaired) electrons. The number of hydrogen-bond acceptors (Lipinski definition) is 5. The van der Waals surface area contributed by atoms with E-state index in [-0.39, 0.29) is 12.0 Å². The van der Waals surface area contributed by atoms with Crippen molar-refractivity contribution in [1.29, 1.82) is 0 Å². The third-order valence-electron chi connectivity index (χ3n) is 11.7. The van der Waals surface area contributed by atoms with Gasteiger partial charge in [0.05, 0.1) is 7.32 Å². The van der Waals surface area contributed by atoms with Crippen molar-refractivity contribution in [3.8, 4) is 0 Å². The summed E-state index contributed by atoms with van der Waals surface area (Å²) in [5, 5.41) is 21.4. The Hall–Kier alpha value is -4.50. The van der Waals surface area contributed by atoms with Gasteiger partial charge in [0, 0.05) is 58.6 Å². The molecule has 5 aromatic rings. The van der Waals surface area contributed by atoms with Gasteiger partial charge in [-0.05, 0) is 68.4 Å². The Kier molecular flexibility index (Phi) is 29.3. The van der Waals surface area contributed by atoms with E-state index in [1.165, 1.54) is 131 Å². The minimum Gasteiger partial charge on any atom is -0.871 e. The van der Waals surface area contributed by atoms with E-state index in [9.17, 15) is 10.0 Å². The van der Waals surface area contributed by atoms with Crippen LogP contribution in [0.1, 0.15) is 171 Å². The minimum atomic E-state index is -2.23. The lowest BCUT2D eigenvalue weighted by atomic mass is 9.67. The van der Waals surface area contributed by atoms with Crippen LogP contribution < -0.4 is 29.2 Å². The fourth-order valence-electron chi connectivity index (χ4n) is 8.34. The molecule has 0 amide bonds. The number of aromatic nitrogens is 2. The average molecular weight is 873 g/mol. The summed E-state index contributed by atoms with van der Waals surface area (Å²) in [6, 6.07) is 43.6. The fourth-order valence-corrected chi connectivity index (χ4v) is 8.34. The van der Waals surface area contributed by atoms with Crippen LogP contribution in [0, 0.1) is 0 Å². The Morgan fingerprint density at radius 2 is 0.766 bits per heavy atom. The van der Waals surface area contributed by atoms with Gasteiger partial charge in [0.25, 0.3) is 0 Å². The van der Waals surface area contributed by atoms with Crippen molar-refractivity contribution in [3.05, 3.63) is 168 Å². The molecule has 0 aliphatic rings. The Balaban J connectivity index is 0.000000261. The van der Waals surface area contributed by atoms with E-state index in [2.05, 4.69) is 74.5 Å². The molecule has 0 spiro atoms. The van der Waals surface area contributed by atoms with Crippen molar-refractivity contribution in [1.82, 2.24) is 0 Å². The Bertz CT molecular complexity index is 1670. The van der Waals surface area contributed by atoms with Crippen LogP contribution in [0.4, 0.5) is 0 Å². The molecule has 0 fully saturated rings. The lowest BCUT2D eigenvalue weighted by Crippen LogP contribution is -2.48. The topological polar surface area (TPSA) is 81.6 Å². The summed E-state index contributed by atoms with van der Waals surface area (Å²) in [6.45, 7) is 10.2. The van der Waals surface area contributed by atoms with Crippen LogP contribution in [0.15, 0.2) is 140 Å². The van der Waals surface area contributed by atoms with Gasteiger partial charge in [0.15, 0.2) is 13.2 Å². The largest absolute Gasteiger partial charge is 0.871 e. The van der Waals surface area contributed by atoms with Crippen LogP contribution in [0.5, 0.6) is 0 Å². The number of pyridine rings is 2. The van der Waals surface area contributed by atoms with E-state index in [0.29, 0.717) is 6.42 Å². The molecule has 64 heavy (non-hydrogen) atoms. The third-order valence-corrected chi connectivity index (χ3v) is 11.7. The predicted molar refractivity (Wildman–Crippen MR) is 260 cm³/mol. The van der Waals surface area contributed by atoms with Gasteiger partial charge < -0.3 is 14.7 Å². The highest BCUT2D eigenvalue weighted by molar-refractivity contribution is 6.28. The number of rotatable bonds is 30. The maximum absolute atomic E-state index is 10.7. The normalized spacial score (nSPS) is 10.9. The Morgan fingerprint density at radius 3 is 1.11 bits per heavy atom. The molecule has 3 aromatic carbocycles. The molecule has 2 aromatic heterocycles. The second-order valence-electron chi connectivity index (χ2n) is 16.6. The molecule has 0 aliphatic heterocycles. The number of nitrogens with zero attached hydrogens (tertiary/aromatic N) is 2. The van der Waals surface area contributed by atoms with Crippen LogP contribution in [-0.2, 0) is 22.9 Å². The van der Waals surface area contributed by atoms with Gasteiger partial charge in [-0.3, -0.25) is 9.68 Å². The van der Waals surface area contributed by atoms with Crippen molar-refractivity contribution in [2.75, 3.05) is 19.8 Å². The minimum absolute atomic E-state index is 0.159. The highest BCUT2D eigenvalue weighted by atomic mass is 16.7. The molecule has 2 heterocycles. The average Bonchev–Trinajstić information content (AvgIpc) is 3.33. The van der Waals surface area contributed by atoms with E-state index in [1.54, 1.807) is 0 Å². The number of hydrogen-bond donors (Lipinski definition) is 0. The molecule has 7 nitrogen and oxygen atoms in total. The molecule has 0 saturated heterocycles. The number of benzene rings is 3. The molecule has 5 rings (SSSR count). The summed E-state index contributed by atoms with van der Waals surface area (Å²) in [5.74, 6) is 0. The lowest BCUT2D eigenvalue weighted by Gasteiger charge is -2.37. The first-order chi connectivity index (χ1) is 31.5. The van der Waals surface area contributed by atoms with E-state index in [1.807, 2.05) is 102 Å².